The molecule has 1 fully saturated rings. The summed E-state index contributed by atoms with van der Waals surface area (Å²) < 4.78 is 26.9. The van der Waals surface area contributed by atoms with Gasteiger partial charge in [0, 0.05) is 36.1 Å². The van der Waals surface area contributed by atoms with Crippen LogP contribution in [0.5, 0.6) is 0 Å². The highest BCUT2D eigenvalue weighted by molar-refractivity contribution is 7.89. The number of benzene rings is 1. The van der Waals surface area contributed by atoms with Gasteiger partial charge in [-0.2, -0.15) is 4.31 Å². The van der Waals surface area contributed by atoms with Crippen molar-refractivity contribution in [3.8, 4) is 0 Å². The number of rotatable bonds is 4. The maximum Gasteiger partial charge on any atom is 0.264 e. The molecule has 2 aromatic rings. The van der Waals surface area contributed by atoms with Gasteiger partial charge in [-0.1, -0.05) is 24.6 Å². The first-order valence-electron chi connectivity index (χ1n) is 8.47. The summed E-state index contributed by atoms with van der Waals surface area (Å²) in [5.41, 5.74) is 1.14. The molecule has 2 heterocycles. The summed E-state index contributed by atoms with van der Waals surface area (Å²) in [6.45, 7) is 5.43. The number of piperazine rings is 1. The number of aryl methyl sites for hydroxylation is 2. The van der Waals surface area contributed by atoms with Crippen LogP contribution in [-0.4, -0.2) is 49.7 Å². The Hall–Kier alpha value is -1.41. The Morgan fingerprint density at radius 3 is 2.46 bits per heavy atom. The number of amides is 1. The average molecular weight is 413 g/mol. The zero-order valence-corrected chi connectivity index (χ0v) is 17.1. The molecule has 1 aliphatic heterocycles. The van der Waals surface area contributed by atoms with Crippen molar-refractivity contribution in [3.63, 3.8) is 0 Å². The van der Waals surface area contributed by atoms with Crippen molar-refractivity contribution in [1.29, 1.82) is 0 Å². The molecule has 8 heteroatoms. The van der Waals surface area contributed by atoms with E-state index in [0.29, 0.717) is 18.1 Å². The van der Waals surface area contributed by atoms with Crippen molar-refractivity contribution in [1.82, 2.24) is 9.21 Å². The minimum atomic E-state index is -3.59. The number of thiophene rings is 1. The minimum absolute atomic E-state index is 0.0161. The normalized spacial score (nSPS) is 16.0. The highest BCUT2D eigenvalue weighted by Crippen LogP contribution is 2.25. The second-order valence-electron chi connectivity index (χ2n) is 6.22. The lowest BCUT2D eigenvalue weighted by molar-refractivity contribution is 0.0702. The lowest BCUT2D eigenvalue weighted by Crippen LogP contribution is -2.50. The zero-order chi connectivity index (χ0) is 18.9. The SMILES string of the molecule is CCc1sc(C(=O)N2CCN(S(=O)(=O)c3cccc(Cl)c3)CC2)cc1C. The molecule has 0 spiro atoms. The van der Waals surface area contributed by atoms with E-state index in [9.17, 15) is 13.2 Å². The van der Waals surface area contributed by atoms with E-state index in [1.165, 1.54) is 26.6 Å². The molecule has 26 heavy (non-hydrogen) atoms. The van der Waals surface area contributed by atoms with Gasteiger partial charge in [-0.05, 0) is 43.2 Å². The summed E-state index contributed by atoms with van der Waals surface area (Å²) in [5, 5.41) is 0.389. The Balaban J connectivity index is 1.69. The molecule has 0 radical (unpaired) electrons. The predicted octanol–water partition coefficient (Wildman–Crippen LogP) is 3.42. The first-order chi connectivity index (χ1) is 12.3. The highest BCUT2D eigenvalue weighted by Gasteiger charge is 2.31. The molecule has 1 amide bonds. The number of hydrogen-bond donors (Lipinski definition) is 0. The second-order valence-corrected chi connectivity index (χ2v) is 9.74. The van der Waals surface area contributed by atoms with E-state index in [2.05, 4.69) is 6.92 Å². The summed E-state index contributed by atoms with van der Waals surface area (Å²) in [7, 11) is -3.59. The van der Waals surface area contributed by atoms with Gasteiger partial charge in [0.1, 0.15) is 0 Å². The summed E-state index contributed by atoms with van der Waals surface area (Å²) in [6, 6.07) is 8.19. The van der Waals surface area contributed by atoms with Gasteiger partial charge in [-0.3, -0.25) is 4.79 Å². The maximum absolute atomic E-state index is 12.7. The Morgan fingerprint density at radius 1 is 1.19 bits per heavy atom. The van der Waals surface area contributed by atoms with Crippen LogP contribution in [0, 0.1) is 6.92 Å². The Bertz CT molecular complexity index is 916. The Labute approximate surface area is 163 Å². The molecule has 0 N–H and O–H groups in total. The molecule has 1 saturated heterocycles. The van der Waals surface area contributed by atoms with Gasteiger partial charge in [0.15, 0.2) is 0 Å². The van der Waals surface area contributed by atoms with Crippen molar-refractivity contribution in [3.05, 3.63) is 50.7 Å². The van der Waals surface area contributed by atoms with E-state index in [1.807, 2.05) is 13.0 Å². The number of carbonyl (C=O) groups is 1. The van der Waals surface area contributed by atoms with Crippen LogP contribution < -0.4 is 0 Å². The average Bonchev–Trinajstić information content (AvgIpc) is 3.02. The van der Waals surface area contributed by atoms with Crippen LogP contribution in [0.15, 0.2) is 35.2 Å². The summed E-state index contributed by atoms with van der Waals surface area (Å²) >= 11 is 7.44. The molecule has 0 aliphatic carbocycles. The van der Waals surface area contributed by atoms with E-state index in [0.717, 1.165) is 16.9 Å². The predicted molar refractivity (Wildman–Crippen MR) is 105 cm³/mol. The van der Waals surface area contributed by atoms with Crippen LogP contribution in [0.25, 0.3) is 0 Å². The molecule has 0 saturated carbocycles. The maximum atomic E-state index is 12.7. The summed E-state index contributed by atoms with van der Waals surface area (Å²) in [5.74, 6) is -0.0161. The molecule has 0 bridgehead atoms. The minimum Gasteiger partial charge on any atom is -0.335 e. The monoisotopic (exact) mass is 412 g/mol. The van der Waals surface area contributed by atoms with E-state index in [4.69, 9.17) is 11.6 Å². The van der Waals surface area contributed by atoms with E-state index >= 15 is 0 Å². The second kappa shape index (κ2) is 7.68. The molecule has 1 aromatic carbocycles. The number of hydrogen-bond acceptors (Lipinski definition) is 4. The molecule has 0 unspecified atom stereocenters. The topological polar surface area (TPSA) is 57.7 Å². The fraction of sp³-hybridized carbons (Fsp3) is 0.389. The van der Waals surface area contributed by atoms with Gasteiger partial charge in [-0.15, -0.1) is 11.3 Å². The van der Waals surface area contributed by atoms with Crippen molar-refractivity contribution in [2.45, 2.75) is 25.2 Å². The van der Waals surface area contributed by atoms with Gasteiger partial charge in [-0.25, -0.2) is 8.42 Å². The lowest BCUT2D eigenvalue weighted by atomic mass is 10.2. The van der Waals surface area contributed by atoms with E-state index in [1.54, 1.807) is 23.1 Å². The third-order valence-corrected chi connectivity index (χ3v) is 8.01. The van der Waals surface area contributed by atoms with Crippen LogP contribution >= 0.6 is 22.9 Å². The zero-order valence-electron chi connectivity index (χ0n) is 14.7. The third-order valence-electron chi connectivity index (χ3n) is 4.51. The highest BCUT2D eigenvalue weighted by atomic mass is 35.5. The largest absolute Gasteiger partial charge is 0.335 e. The number of nitrogens with zero attached hydrogens (tertiary/aromatic N) is 2. The van der Waals surface area contributed by atoms with Crippen LogP contribution in [-0.2, 0) is 16.4 Å². The number of halogens is 1. The summed E-state index contributed by atoms with van der Waals surface area (Å²) in [4.78, 5) is 16.6. The van der Waals surface area contributed by atoms with E-state index in [-0.39, 0.29) is 23.9 Å². The number of carbonyl (C=O) groups excluding carboxylic acids is 1. The molecule has 0 atom stereocenters. The fourth-order valence-corrected chi connectivity index (χ4v) is 5.85. The van der Waals surface area contributed by atoms with Crippen molar-refractivity contribution in [2.24, 2.45) is 0 Å². The van der Waals surface area contributed by atoms with Gasteiger partial charge in [0.2, 0.25) is 10.0 Å². The third kappa shape index (κ3) is 3.81. The molecule has 140 valence electrons. The Kier molecular flexibility index (Phi) is 5.72. The summed E-state index contributed by atoms with van der Waals surface area (Å²) in [6.07, 6.45) is 0.912. The standard InChI is InChI=1S/C18H21ClN2O3S2/c1-3-16-13(2)11-17(25-16)18(22)20-7-9-21(10-8-20)26(23,24)15-6-4-5-14(19)12-15/h4-6,11-12H,3,7-10H2,1-2H3. The van der Waals surface area contributed by atoms with Gasteiger partial charge in [0.25, 0.3) is 5.91 Å². The molecule has 3 rings (SSSR count). The van der Waals surface area contributed by atoms with Crippen molar-refractivity contribution >= 4 is 38.9 Å². The Morgan fingerprint density at radius 2 is 1.88 bits per heavy atom. The van der Waals surface area contributed by atoms with Crippen LogP contribution in [0.1, 0.15) is 27.0 Å². The first kappa shape index (κ1) is 19.4. The van der Waals surface area contributed by atoms with E-state index < -0.39 is 10.0 Å². The molecule has 1 aliphatic rings. The molecule has 5 nitrogen and oxygen atoms in total. The smallest absolute Gasteiger partial charge is 0.264 e. The fourth-order valence-electron chi connectivity index (χ4n) is 3.04. The number of sulfonamides is 1. The van der Waals surface area contributed by atoms with Crippen LogP contribution in [0.4, 0.5) is 0 Å². The quantitative estimate of drug-likeness (QED) is 0.773. The van der Waals surface area contributed by atoms with Crippen LogP contribution in [0.2, 0.25) is 5.02 Å². The first-order valence-corrected chi connectivity index (χ1v) is 11.1. The van der Waals surface area contributed by atoms with Gasteiger partial charge in [0.05, 0.1) is 9.77 Å². The van der Waals surface area contributed by atoms with Crippen molar-refractivity contribution in [2.75, 3.05) is 26.2 Å². The molecular formula is C18H21ClN2O3S2. The van der Waals surface area contributed by atoms with Gasteiger partial charge < -0.3 is 4.90 Å². The molecule has 1 aromatic heterocycles. The van der Waals surface area contributed by atoms with Crippen LogP contribution in [0.3, 0.4) is 0 Å². The van der Waals surface area contributed by atoms with Crippen molar-refractivity contribution < 1.29 is 13.2 Å². The lowest BCUT2D eigenvalue weighted by Gasteiger charge is -2.33. The van der Waals surface area contributed by atoms with Gasteiger partial charge >= 0.3 is 0 Å². The molecular weight excluding hydrogens is 392 g/mol.